The first-order valence-corrected chi connectivity index (χ1v) is 10.4. The maximum absolute atomic E-state index is 4.92. The zero-order valence-electron chi connectivity index (χ0n) is 18.2. The van der Waals surface area contributed by atoms with Crippen molar-refractivity contribution in [2.45, 2.75) is 73.6 Å². The summed E-state index contributed by atoms with van der Waals surface area (Å²) in [4.78, 5) is 9.79. The number of rotatable bonds is 8. The van der Waals surface area contributed by atoms with E-state index in [1.165, 1.54) is 22.3 Å². The van der Waals surface area contributed by atoms with E-state index in [1.54, 1.807) is 0 Å². The van der Waals surface area contributed by atoms with Gasteiger partial charge in [0.2, 0.25) is 0 Å². The Morgan fingerprint density at radius 2 is 1.07 bits per heavy atom. The van der Waals surface area contributed by atoms with Crippen molar-refractivity contribution >= 4 is 22.8 Å². The molecule has 0 aliphatic rings. The Morgan fingerprint density at radius 1 is 0.643 bits per heavy atom. The van der Waals surface area contributed by atoms with Crippen LogP contribution in [0.3, 0.4) is 0 Å². The molecule has 0 bridgehead atoms. The fraction of sp³-hybridized carbons (Fsp3) is 0.440. The molecule has 154 valence electrons. The van der Waals surface area contributed by atoms with E-state index in [1.807, 2.05) is 0 Å². The van der Waals surface area contributed by atoms with Crippen molar-refractivity contribution in [2.24, 2.45) is 9.98 Å². The quantitative estimate of drug-likeness (QED) is 0.318. The van der Waals surface area contributed by atoms with Gasteiger partial charge in [-0.05, 0) is 85.5 Å². The number of aryl methyl sites for hydroxylation is 4. The van der Waals surface area contributed by atoms with Crippen LogP contribution in [0.1, 0.15) is 70.2 Å². The third-order valence-electron chi connectivity index (χ3n) is 5.22. The Morgan fingerprint density at radius 3 is 1.46 bits per heavy atom. The molecule has 2 aromatic carbocycles. The van der Waals surface area contributed by atoms with E-state index in [4.69, 9.17) is 9.98 Å². The van der Waals surface area contributed by atoms with Gasteiger partial charge < -0.3 is 0 Å². The first kappa shape index (κ1) is 24.3. The van der Waals surface area contributed by atoms with E-state index in [0.717, 1.165) is 54.9 Å². The Hall–Kier alpha value is -1.73. The molecule has 0 spiro atoms. The molecule has 0 N–H and O–H groups in total. The Bertz CT molecular complexity index is 834. The predicted octanol–water partition coefficient (Wildman–Crippen LogP) is 7.21. The van der Waals surface area contributed by atoms with E-state index >= 15 is 0 Å². The van der Waals surface area contributed by atoms with Crippen LogP contribution in [-0.4, -0.2) is 11.4 Å². The van der Waals surface area contributed by atoms with E-state index in [9.17, 15) is 0 Å². The van der Waals surface area contributed by atoms with Crippen molar-refractivity contribution in [2.75, 3.05) is 0 Å². The summed E-state index contributed by atoms with van der Waals surface area (Å²) >= 11 is 0. The summed E-state index contributed by atoms with van der Waals surface area (Å²) in [5, 5.41) is 0. The largest absolute Gasteiger partial charge is 0.252 e. The fourth-order valence-electron chi connectivity index (χ4n) is 3.54. The van der Waals surface area contributed by atoms with Gasteiger partial charge in [-0.15, -0.1) is 0 Å². The van der Waals surface area contributed by atoms with Crippen molar-refractivity contribution in [3.05, 3.63) is 58.7 Å². The molecule has 0 saturated heterocycles. The van der Waals surface area contributed by atoms with Gasteiger partial charge in [0.15, 0.2) is 0 Å². The number of hydrogen-bond acceptors (Lipinski definition) is 2. The number of hydrogen-bond donors (Lipinski definition) is 0. The summed E-state index contributed by atoms with van der Waals surface area (Å²) < 4.78 is 0. The van der Waals surface area contributed by atoms with Crippen molar-refractivity contribution in [3.63, 3.8) is 0 Å². The third-order valence-corrected chi connectivity index (χ3v) is 5.22. The molecule has 0 saturated carbocycles. The second-order valence-electron chi connectivity index (χ2n) is 6.93. The molecular formula is C25H34N2Ni. The van der Waals surface area contributed by atoms with Gasteiger partial charge in [-0.25, -0.2) is 0 Å². The summed E-state index contributed by atoms with van der Waals surface area (Å²) in [6.45, 7) is 13.1. The van der Waals surface area contributed by atoms with E-state index < -0.39 is 0 Å². The number of aliphatic imine (C=N–C) groups is 2. The summed E-state index contributed by atoms with van der Waals surface area (Å²) in [6, 6.07) is 13.1. The summed E-state index contributed by atoms with van der Waals surface area (Å²) in [5.74, 6) is 0. The van der Waals surface area contributed by atoms with E-state index in [-0.39, 0.29) is 16.5 Å². The van der Waals surface area contributed by atoms with Gasteiger partial charge in [0.05, 0.1) is 22.8 Å². The van der Waals surface area contributed by atoms with Crippen LogP contribution in [0.4, 0.5) is 11.4 Å². The molecule has 0 aromatic heterocycles. The normalized spacial score (nSPS) is 12.1. The smallest absolute Gasteiger partial charge is 0.0636 e. The number of benzene rings is 2. The zero-order valence-corrected chi connectivity index (χ0v) is 19.2. The molecule has 2 rings (SSSR count). The monoisotopic (exact) mass is 420 g/mol. The van der Waals surface area contributed by atoms with Crippen molar-refractivity contribution in [1.29, 1.82) is 0 Å². The average Bonchev–Trinajstić information content (AvgIpc) is 2.71. The second-order valence-corrected chi connectivity index (χ2v) is 6.93. The van der Waals surface area contributed by atoms with Gasteiger partial charge in [-0.3, -0.25) is 9.98 Å². The second kappa shape index (κ2) is 12.0. The molecule has 0 heterocycles. The van der Waals surface area contributed by atoms with Crippen LogP contribution in [0.2, 0.25) is 0 Å². The Kier molecular flexibility index (Phi) is 10.4. The molecule has 0 unspecified atom stereocenters. The SMILES string of the molecule is CCC(=Nc1ccc(CC)c(CC)c1)C(C)=Nc1ccc(CC)c(CC)c1.[Ni]. The minimum atomic E-state index is 0. The van der Waals surface area contributed by atoms with Gasteiger partial charge in [0.25, 0.3) is 0 Å². The first-order chi connectivity index (χ1) is 13.1. The Balaban J connectivity index is 0.00000392. The summed E-state index contributed by atoms with van der Waals surface area (Å²) in [7, 11) is 0. The maximum atomic E-state index is 4.92. The molecule has 0 aliphatic heterocycles. The molecular weight excluding hydrogens is 387 g/mol. The molecule has 3 heteroatoms. The molecule has 0 aliphatic carbocycles. The summed E-state index contributed by atoms with van der Waals surface area (Å²) in [6.07, 6.45) is 5.11. The van der Waals surface area contributed by atoms with Crippen LogP contribution < -0.4 is 0 Å². The molecule has 2 aromatic rings. The topological polar surface area (TPSA) is 24.7 Å². The van der Waals surface area contributed by atoms with Crippen molar-refractivity contribution < 1.29 is 16.5 Å². The molecule has 2 nitrogen and oxygen atoms in total. The minimum absolute atomic E-state index is 0. The minimum Gasteiger partial charge on any atom is -0.252 e. The van der Waals surface area contributed by atoms with E-state index in [0.29, 0.717) is 0 Å². The molecule has 28 heavy (non-hydrogen) atoms. The standard InChI is InChI=1S/C25H34N2.Ni/c1-7-19-12-14-23(16-21(19)9-3)26-18(6)25(11-5)27-24-15-13-20(8-2)22(10-4)17-24;/h12-17H,7-11H2,1-6H3;. The first-order valence-electron chi connectivity index (χ1n) is 10.4. The van der Waals surface area contributed by atoms with Crippen LogP contribution in [0.25, 0.3) is 0 Å². The maximum Gasteiger partial charge on any atom is 0.0636 e. The van der Waals surface area contributed by atoms with Gasteiger partial charge in [0.1, 0.15) is 0 Å². The number of nitrogens with zero attached hydrogens (tertiary/aromatic N) is 2. The van der Waals surface area contributed by atoms with Crippen LogP contribution >= 0.6 is 0 Å². The molecule has 0 amide bonds. The van der Waals surface area contributed by atoms with Gasteiger partial charge in [-0.2, -0.15) is 0 Å². The third kappa shape index (κ3) is 6.14. The van der Waals surface area contributed by atoms with Crippen LogP contribution in [0.5, 0.6) is 0 Å². The zero-order chi connectivity index (χ0) is 19.8. The van der Waals surface area contributed by atoms with Crippen LogP contribution in [0.15, 0.2) is 46.4 Å². The predicted molar refractivity (Wildman–Crippen MR) is 121 cm³/mol. The molecule has 0 radical (unpaired) electrons. The van der Waals surface area contributed by atoms with Crippen LogP contribution in [0, 0.1) is 0 Å². The van der Waals surface area contributed by atoms with Gasteiger partial charge in [-0.1, -0.05) is 46.8 Å². The van der Waals surface area contributed by atoms with E-state index in [2.05, 4.69) is 77.9 Å². The van der Waals surface area contributed by atoms with Crippen molar-refractivity contribution in [1.82, 2.24) is 0 Å². The van der Waals surface area contributed by atoms with Crippen molar-refractivity contribution in [3.8, 4) is 0 Å². The van der Waals surface area contributed by atoms with Crippen LogP contribution in [-0.2, 0) is 42.2 Å². The average molecular weight is 421 g/mol. The van der Waals surface area contributed by atoms with Gasteiger partial charge in [0, 0.05) is 16.5 Å². The molecule has 0 atom stereocenters. The Labute approximate surface area is 181 Å². The fourth-order valence-corrected chi connectivity index (χ4v) is 3.54. The van der Waals surface area contributed by atoms with Gasteiger partial charge >= 0.3 is 0 Å². The summed E-state index contributed by atoms with van der Waals surface area (Å²) in [5.41, 5.74) is 9.74. The molecule has 0 fully saturated rings.